The van der Waals surface area contributed by atoms with Crippen LogP contribution in [0.1, 0.15) is 239 Å². The van der Waals surface area contributed by atoms with E-state index < -0.39 is 6.10 Å². The third-order valence-corrected chi connectivity index (χ3v) is 11.4. The molecule has 0 fully saturated rings. The summed E-state index contributed by atoms with van der Waals surface area (Å²) < 4.78 is 17.4. The molecule has 68 heavy (non-hydrogen) atoms. The predicted molar refractivity (Wildman–Crippen MR) is 297 cm³/mol. The van der Waals surface area contributed by atoms with E-state index in [1.54, 1.807) is 0 Å². The zero-order chi connectivity index (χ0) is 49.2. The largest absolute Gasteiger partial charge is 0.462 e. The van der Waals surface area contributed by atoms with Crippen LogP contribution in [-0.2, 0) is 23.8 Å². The molecule has 0 spiro atoms. The Bertz CT molecular complexity index is 1390. The molecule has 5 heteroatoms. The number of hydrogen-bond donors (Lipinski definition) is 0. The van der Waals surface area contributed by atoms with Gasteiger partial charge in [-0.3, -0.25) is 9.59 Å². The molecule has 1 atom stereocenters. The van der Waals surface area contributed by atoms with Gasteiger partial charge in [-0.1, -0.05) is 226 Å². The normalized spacial score (nSPS) is 13.2. The lowest BCUT2D eigenvalue weighted by Crippen LogP contribution is -2.30. The molecule has 0 radical (unpaired) electrons. The summed E-state index contributed by atoms with van der Waals surface area (Å²) in [7, 11) is 0. The van der Waals surface area contributed by atoms with Gasteiger partial charge in [0.1, 0.15) is 6.61 Å². The highest BCUT2D eigenvalue weighted by atomic mass is 16.6. The molecular formula is C63H104O5. The van der Waals surface area contributed by atoms with Crippen LogP contribution in [0.2, 0.25) is 0 Å². The third-order valence-electron chi connectivity index (χ3n) is 11.4. The summed E-state index contributed by atoms with van der Waals surface area (Å²) in [6.45, 7) is 7.46. The summed E-state index contributed by atoms with van der Waals surface area (Å²) in [5.74, 6) is -0.455. The van der Waals surface area contributed by atoms with Gasteiger partial charge in [0.15, 0.2) is 6.10 Å². The number of hydrogen-bond acceptors (Lipinski definition) is 5. The highest BCUT2D eigenvalue weighted by Crippen LogP contribution is 2.14. The van der Waals surface area contributed by atoms with E-state index in [0.717, 1.165) is 116 Å². The van der Waals surface area contributed by atoms with Gasteiger partial charge in [-0.2, -0.15) is 0 Å². The molecule has 0 aliphatic heterocycles. The first kappa shape index (κ1) is 64.3. The molecule has 0 aliphatic carbocycles. The monoisotopic (exact) mass is 941 g/mol. The molecule has 5 nitrogen and oxygen atoms in total. The van der Waals surface area contributed by atoms with Crippen molar-refractivity contribution in [1.82, 2.24) is 0 Å². The van der Waals surface area contributed by atoms with Gasteiger partial charge in [0, 0.05) is 19.4 Å². The molecule has 386 valence electrons. The van der Waals surface area contributed by atoms with Crippen molar-refractivity contribution in [2.45, 2.75) is 245 Å². The standard InChI is InChI=1S/C63H104O5/c1-4-7-10-13-16-19-22-25-27-29-31-33-35-37-40-43-46-49-52-55-58-66-59-61(68-63(65)57-54-51-48-45-42-38-24-21-18-15-12-9-6-3)60-67-62(64)56-53-50-47-44-41-39-36-34-32-30-28-26-23-20-17-14-11-8-5-2/h7,10,12,15-17,19-21,24-28,31,33,37,40,46,49,61H,4-6,8-9,11,13-14,18,22-23,29-30,32,34-36,38-39,41-45,47-48,50-60H2,1-3H3/b10-7-,15-12-,19-16-,20-17-,24-21-,27-25-,28-26-,33-31-,40-37-,49-46-. The summed E-state index contributed by atoms with van der Waals surface area (Å²) in [6, 6.07) is 0. The summed E-state index contributed by atoms with van der Waals surface area (Å²) in [5, 5.41) is 0. The lowest BCUT2D eigenvalue weighted by molar-refractivity contribution is -0.163. The van der Waals surface area contributed by atoms with E-state index >= 15 is 0 Å². The Morgan fingerprint density at radius 3 is 1.12 bits per heavy atom. The average molecular weight is 942 g/mol. The van der Waals surface area contributed by atoms with Gasteiger partial charge in [0.25, 0.3) is 0 Å². The van der Waals surface area contributed by atoms with Crippen LogP contribution < -0.4 is 0 Å². The lowest BCUT2D eigenvalue weighted by Gasteiger charge is -2.18. The lowest BCUT2D eigenvalue weighted by atomic mass is 10.1. The topological polar surface area (TPSA) is 61.8 Å². The average Bonchev–Trinajstić information content (AvgIpc) is 3.34. The zero-order valence-electron chi connectivity index (χ0n) is 44.3. The fourth-order valence-corrected chi connectivity index (χ4v) is 7.30. The van der Waals surface area contributed by atoms with Crippen LogP contribution in [0.4, 0.5) is 0 Å². The maximum Gasteiger partial charge on any atom is 0.306 e. The Labute approximate surface area is 420 Å². The molecule has 0 aliphatic rings. The Morgan fingerprint density at radius 2 is 0.691 bits per heavy atom. The molecule has 0 saturated carbocycles. The highest BCUT2D eigenvalue weighted by Gasteiger charge is 2.17. The smallest absolute Gasteiger partial charge is 0.306 e. The Hall–Kier alpha value is -3.70. The second-order valence-electron chi connectivity index (χ2n) is 18.1. The number of carbonyl (C=O) groups excluding carboxylic acids is 2. The van der Waals surface area contributed by atoms with Gasteiger partial charge < -0.3 is 14.2 Å². The number of unbranched alkanes of at least 4 members (excludes halogenated alkanes) is 19. The number of ether oxygens (including phenoxy) is 3. The minimum atomic E-state index is -0.584. The van der Waals surface area contributed by atoms with Crippen LogP contribution in [0.3, 0.4) is 0 Å². The van der Waals surface area contributed by atoms with Gasteiger partial charge in [-0.05, 0) is 122 Å². The van der Waals surface area contributed by atoms with Crippen LogP contribution >= 0.6 is 0 Å². The summed E-state index contributed by atoms with van der Waals surface area (Å²) in [5.41, 5.74) is 0. The van der Waals surface area contributed by atoms with Crippen LogP contribution in [0.15, 0.2) is 122 Å². The van der Waals surface area contributed by atoms with E-state index in [9.17, 15) is 9.59 Å². The minimum absolute atomic E-state index is 0.0472. The predicted octanol–water partition coefficient (Wildman–Crippen LogP) is 19.3. The Kier molecular flexibility index (Phi) is 54.5. The van der Waals surface area contributed by atoms with Gasteiger partial charge in [0.2, 0.25) is 0 Å². The molecule has 0 aromatic carbocycles. The Morgan fingerprint density at radius 1 is 0.338 bits per heavy atom. The Balaban J connectivity index is 4.39. The fourth-order valence-electron chi connectivity index (χ4n) is 7.30. The summed E-state index contributed by atoms with van der Waals surface area (Å²) in [4.78, 5) is 25.5. The first-order chi connectivity index (χ1) is 33.6. The van der Waals surface area contributed by atoms with Crippen LogP contribution in [0.5, 0.6) is 0 Å². The third kappa shape index (κ3) is 54.9. The van der Waals surface area contributed by atoms with Gasteiger partial charge in [-0.15, -0.1) is 0 Å². The summed E-state index contributed by atoms with van der Waals surface area (Å²) >= 11 is 0. The van der Waals surface area contributed by atoms with Crippen molar-refractivity contribution >= 4 is 11.9 Å². The molecule has 0 amide bonds. The molecule has 0 saturated heterocycles. The van der Waals surface area contributed by atoms with Crippen molar-refractivity contribution in [2.24, 2.45) is 0 Å². The van der Waals surface area contributed by atoms with Crippen LogP contribution in [0.25, 0.3) is 0 Å². The SMILES string of the molecule is CC/C=C\C/C=C\C/C=C\C/C=C\C/C=C\C/C=C\CCCOCC(COC(=O)CCCCCCCCCCC/C=C\C/C=C\CCCCC)OC(=O)CCCCCCC/C=C\C/C=C\CCC. The van der Waals surface area contributed by atoms with Crippen molar-refractivity contribution in [3.05, 3.63) is 122 Å². The zero-order valence-corrected chi connectivity index (χ0v) is 44.3. The van der Waals surface area contributed by atoms with E-state index in [1.165, 1.54) is 89.9 Å². The van der Waals surface area contributed by atoms with Gasteiger partial charge in [-0.25, -0.2) is 0 Å². The van der Waals surface area contributed by atoms with E-state index in [4.69, 9.17) is 14.2 Å². The minimum Gasteiger partial charge on any atom is -0.462 e. The molecule has 0 aromatic heterocycles. The number of esters is 2. The maximum atomic E-state index is 12.8. The molecule has 0 N–H and O–H groups in total. The van der Waals surface area contributed by atoms with Crippen molar-refractivity contribution in [1.29, 1.82) is 0 Å². The van der Waals surface area contributed by atoms with Crippen LogP contribution in [0, 0.1) is 0 Å². The second kappa shape index (κ2) is 57.6. The van der Waals surface area contributed by atoms with Crippen molar-refractivity contribution in [3.63, 3.8) is 0 Å². The first-order valence-corrected chi connectivity index (χ1v) is 28.1. The molecule has 0 rings (SSSR count). The van der Waals surface area contributed by atoms with Crippen molar-refractivity contribution < 1.29 is 23.8 Å². The molecule has 0 heterocycles. The quantitative estimate of drug-likeness (QED) is 0.0345. The van der Waals surface area contributed by atoms with Crippen molar-refractivity contribution in [3.8, 4) is 0 Å². The highest BCUT2D eigenvalue weighted by molar-refractivity contribution is 5.70. The van der Waals surface area contributed by atoms with Crippen molar-refractivity contribution in [2.75, 3.05) is 19.8 Å². The van der Waals surface area contributed by atoms with E-state index in [2.05, 4.69) is 142 Å². The molecular weight excluding hydrogens is 837 g/mol. The number of rotatable bonds is 50. The van der Waals surface area contributed by atoms with E-state index in [1.807, 2.05) is 0 Å². The van der Waals surface area contributed by atoms with Gasteiger partial charge in [0.05, 0.1) is 6.61 Å². The second-order valence-corrected chi connectivity index (χ2v) is 18.1. The van der Waals surface area contributed by atoms with Crippen LogP contribution in [-0.4, -0.2) is 37.9 Å². The first-order valence-electron chi connectivity index (χ1n) is 28.1. The van der Waals surface area contributed by atoms with E-state index in [-0.39, 0.29) is 25.2 Å². The summed E-state index contributed by atoms with van der Waals surface area (Å²) in [6.07, 6.45) is 80.8. The fraction of sp³-hybridized carbons (Fsp3) is 0.651. The van der Waals surface area contributed by atoms with Gasteiger partial charge >= 0.3 is 11.9 Å². The molecule has 0 aromatic rings. The maximum absolute atomic E-state index is 12.8. The van der Waals surface area contributed by atoms with E-state index in [0.29, 0.717) is 19.4 Å². The molecule has 1 unspecified atom stereocenters. The molecule has 0 bridgehead atoms. The number of allylic oxidation sites excluding steroid dienone is 20. The number of carbonyl (C=O) groups is 2.